The predicted molar refractivity (Wildman–Crippen MR) is 73.4 cm³/mol. The molecule has 3 heteroatoms. The molecule has 1 unspecified atom stereocenters. The van der Waals surface area contributed by atoms with Crippen molar-refractivity contribution < 1.29 is 14.6 Å². The van der Waals surface area contributed by atoms with E-state index >= 15 is 0 Å². The predicted octanol–water partition coefficient (Wildman–Crippen LogP) is 3.17. The Balaban J connectivity index is 1.87. The highest BCUT2D eigenvalue weighted by atomic mass is 16.6. The van der Waals surface area contributed by atoms with Crippen LogP contribution in [0, 0.1) is 16.7 Å². The van der Waals surface area contributed by atoms with Crippen LogP contribution in [0.3, 0.4) is 0 Å². The van der Waals surface area contributed by atoms with Crippen molar-refractivity contribution in [2.75, 3.05) is 13.2 Å². The van der Waals surface area contributed by atoms with Crippen LogP contribution in [0.5, 0.6) is 11.5 Å². The number of ether oxygens (including phenoxy) is 2. The van der Waals surface area contributed by atoms with E-state index in [4.69, 9.17) is 9.47 Å². The van der Waals surface area contributed by atoms with E-state index in [2.05, 4.69) is 27.7 Å². The normalized spacial score (nSPS) is 24.9. The van der Waals surface area contributed by atoms with Gasteiger partial charge in [-0.2, -0.15) is 0 Å². The third-order valence-electron chi connectivity index (χ3n) is 5.36. The minimum absolute atomic E-state index is 0.166. The SMILES string of the molecule is CC1(C)C(C(O)c2ccc3c(c2)OCCO3)C1(C)C. The van der Waals surface area contributed by atoms with Crippen molar-refractivity contribution >= 4 is 0 Å². The highest BCUT2D eigenvalue weighted by Gasteiger charge is 2.67. The lowest BCUT2D eigenvalue weighted by Crippen LogP contribution is -2.16. The van der Waals surface area contributed by atoms with Crippen molar-refractivity contribution in [3.63, 3.8) is 0 Å². The molecule has 0 amide bonds. The molecule has 19 heavy (non-hydrogen) atoms. The molecule has 3 nitrogen and oxygen atoms in total. The molecule has 104 valence electrons. The van der Waals surface area contributed by atoms with Gasteiger partial charge in [0.05, 0.1) is 6.10 Å². The van der Waals surface area contributed by atoms with Crippen LogP contribution in [0.2, 0.25) is 0 Å². The maximum absolute atomic E-state index is 10.6. The average molecular weight is 262 g/mol. The highest BCUT2D eigenvalue weighted by Crippen LogP contribution is 2.72. The van der Waals surface area contributed by atoms with Gasteiger partial charge in [0.25, 0.3) is 0 Å². The van der Waals surface area contributed by atoms with Crippen molar-refractivity contribution in [3.05, 3.63) is 23.8 Å². The number of aliphatic hydroxyl groups is 1. The minimum atomic E-state index is -0.444. The summed E-state index contributed by atoms with van der Waals surface area (Å²) >= 11 is 0. The summed E-state index contributed by atoms with van der Waals surface area (Å²) in [6, 6.07) is 5.77. The number of fused-ring (bicyclic) bond motifs is 1. The van der Waals surface area contributed by atoms with E-state index in [1.807, 2.05) is 18.2 Å². The van der Waals surface area contributed by atoms with Crippen molar-refractivity contribution in [1.82, 2.24) is 0 Å². The minimum Gasteiger partial charge on any atom is -0.486 e. The Hall–Kier alpha value is -1.22. The Bertz CT molecular complexity index is 491. The maximum atomic E-state index is 10.6. The summed E-state index contributed by atoms with van der Waals surface area (Å²) in [4.78, 5) is 0. The van der Waals surface area contributed by atoms with Gasteiger partial charge in [-0.05, 0) is 28.5 Å². The summed E-state index contributed by atoms with van der Waals surface area (Å²) in [5.74, 6) is 1.80. The summed E-state index contributed by atoms with van der Waals surface area (Å²) in [6.07, 6.45) is -0.444. The van der Waals surface area contributed by atoms with Crippen LogP contribution in [0.25, 0.3) is 0 Å². The molecule has 1 aliphatic heterocycles. The zero-order chi connectivity index (χ0) is 13.8. The molecule has 1 aromatic carbocycles. The van der Waals surface area contributed by atoms with Gasteiger partial charge in [0.1, 0.15) is 13.2 Å². The van der Waals surface area contributed by atoms with E-state index in [1.165, 1.54) is 0 Å². The van der Waals surface area contributed by atoms with Crippen LogP contribution >= 0.6 is 0 Å². The zero-order valence-corrected chi connectivity index (χ0v) is 12.1. The molecule has 1 aromatic rings. The van der Waals surface area contributed by atoms with E-state index in [9.17, 15) is 5.11 Å². The van der Waals surface area contributed by atoms with Gasteiger partial charge in [-0.1, -0.05) is 33.8 Å². The van der Waals surface area contributed by atoms with Crippen molar-refractivity contribution in [2.24, 2.45) is 16.7 Å². The molecule has 1 heterocycles. The van der Waals surface area contributed by atoms with Crippen LogP contribution in [0.1, 0.15) is 39.4 Å². The van der Waals surface area contributed by atoms with Gasteiger partial charge < -0.3 is 14.6 Å². The molecule has 0 spiro atoms. The lowest BCUT2D eigenvalue weighted by atomic mass is 9.99. The monoisotopic (exact) mass is 262 g/mol. The summed E-state index contributed by atoms with van der Waals surface area (Å²) < 4.78 is 11.1. The number of hydrogen-bond acceptors (Lipinski definition) is 3. The first-order valence-electron chi connectivity index (χ1n) is 6.93. The lowest BCUT2D eigenvalue weighted by molar-refractivity contribution is 0.128. The van der Waals surface area contributed by atoms with E-state index in [1.54, 1.807) is 0 Å². The van der Waals surface area contributed by atoms with Crippen LogP contribution < -0.4 is 9.47 Å². The highest BCUT2D eigenvalue weighted by molar-refractivity contribution is 5.45. The molecule has 0 saturated heterocycles. The van der Waals surface area contributed by atoms with Gasteiger partial charge in [-0.25, -0.2) is 0 Å². The van der Waals surface area contributed by atoms with Crippen LogP contribution in [-0.4, -0.2) is 18.3 Å². The molecular weight excluding hydrogens is 240 g/mol. The Morgan fingerprint density at radius 3 is 2.21 bits per heavy atom. The Labute approximate surface area is 114 Å². The van der Waals surface area contributed by atoms with Crippen molar-refractivity contribution in [1.29, 1.82) is 0 Å². The van der Waals surface area contributed by atoms with Crippen molar-refractivity contribution in [3.8, 4) is 11.5 Å². The Morgan fingerprint density at radius 1 is 1.05 bits per heavy atom. The third-order valence-corrected chi connectivity index (χ3v) is 5.36. The van der Waals surface area contributed by atoms with E-state index in [0.29, 0.717) is 13.2 Å². The fraction of sp³-hybridized carbons (Fsp3) is 0.625. The smallest absolute Gasteiger partial charge is 0.161 e. The molecule has 1 atom stereocenters. The van der Waals surface area contributed by atoms with Crippen LogP contribution in [-0.2, 0) is 0 Å². The average Bonchev–Trinajstić information content (AvgIpc) is 2.78. The molecule has 0 radical (unpaired) electrons. The number of aliphatic hydroxyl groups excluding tert-OH is 1. The summed E-state index contributed by atoms with van der Waals surface area (Å²) in [5, 5.41) is 10.6. The Morgan fingerprint density at radius 2 is 1.63 bits per heavy atom. The number of benzene rings is 1. The molecule has 3 rings (SSSR count). The Kier molecular flexibility index (Phi) is 2.62. The fourth-order valence-corrected chi connectivity index (χ4v) is 3.47. The molecule has 1 saturated carbocycles. The fourth-order valence-electron chi connectivity index (χ4n) is 3.47. The first-order chi connectivity index (χ1) is 8.85. The number of rotatable bonds is 2. The molecular formula is C16H22O3. The van der Waals surface area contributed by atoms with Gasteiger partial charge in [-0.15, -0.1) is 0 Å². The van der Waals surface area contributed by atoms with Gasteiger partial charge in [0.15, 0.2) is 11.5 Å². The number of hydrogen-bond donors (Lipinski definition) is 1. The summed E-state index contributed by atoms with van der Waals surface area (Å²) in [5.41, 5.74) is 1.26. The molecule has 1 aliphatic carbocycles. The van der Waals surface area contributed by atoms with Crippen LogP contribution in [0.4, 0.5) is 0 Å². The molecule has 1 N–H and O–H groups in total. The van der Waals surface area contributed by atoms with Gasteiger partial charge in [-0.3, -0.25) is 0 Å². The van der Waals surface area contributed by atoms with Gasteiger partial charge in [0, 0.05) is 5.92 Å². The second kappa shape index (κ2) is 3.89. The van der Waals surface area contributed by atoms with Crippen molar-refractivity contribution in [2.45, 2.75) is 33.8 Å². The molecule has 0 bridgehead atoms. The van der Waals surface area contributed by atoms with Gasteiger partial charge in [0.2, 0.25) is 0 Å². The first-order valence-corrected chi connectivity index (χ1v) is 6.93. The molecule has 0 aromatic heterocycles. The molecule has 1 fully saturated rings. The topological polar surface area (TPSA) is 38.7 Å². The zero-order valence-electron chi connectivity index (χ0n) is 12.1. The lowest BCUT2D eigenvalue weighted by Gasteiger charge is -2.21. The largest absolute Gasteiger partial charge is 0.486 e. The second-order valence-corrected chi connectivity index (χ2v) is 6.77. The van der Waals surface area contributed by atoms with Gasteiger partial charge >= 0.3 is 0 Å². The van der Waals surface area contributed by atoms with Crippen LogP contribution in [0.15, 0.2) is 18.2 Å². The standard InChI is InChI=1S/C16H22O3/c1-15(2)14(16(15,3)4)13(17)10-5-6-11-12(9-10)19-8-7-18-11/h5-6,9,13-14,17H,7-8H2,1-4H3. The summed E-state index contributed by atoms with van der Waals surface area (Å²) in [6.45, 7) is 10.1. The summed E-state index contributed by atoms with van der Waals surface area (Å²) in [7, 11) is 0. The quantitative estimate of drug-likeness (QED) is 0.889. The molecule has 2 aliphatic rings. The third kappa shape index (κ3) is 1.75. The maximum Gasteiger partial charge on any atom is 0.161 e. The van der Waals surface area contributed by atoms with E-state index in [-0.39, 0.29) is 16.7 Å². The van der Waals surface area contributed by atoms with E-state index in [0.717, 1.165) is 17.1 Å². The second-order valence-electron chi connectivity index (χ2n) is 6.77. The first kappa shape index (κ1) is 12.8. The van der Waals surface area contributed by atoms with E-state index < -0.39 is 6.10 Å².